The maximum absolute atomic E-state index is 13.0. The van der Waals surface area contributed by atoms with E-state index >= 15 is 0 Å². The average Bonchev–Trinajstić information content (AvgIpc) is 2.84. The molecule has 0 aliphatic carbocycles. The molecule has 1 aliphatic rings. The van der Waals surface area contributed by atoms with Gasteiger partial charge in [-0.15, -0.1) is 0 Å². The normalized spacial score (nSPS) is 14.7. The Hall–Kier alpha value is -3.61. The van der Waals surface area contributed by atoms with Crippen LogP contribution in [0.15, 0.2) is 78.6 Å². The minimum atomic E-state index is -0.385. The molecule has 0 radical (unpaired) electrons. The van der Waals surface area contributed by atoms with E-state index in [0.29, 0.717) is 22.0 Å². The van der Waals surface area contributed by atoms with Crippen LogP contribution in [-0.2, 0) is 11.3 Å². The third kappa shape index (κ3) is 6.50. The van der Waals surface area contributed by atoms with Gasteiger partial charge in [-0.2, -0.15) is 0 Å². The van der Waals surface area contributed by atoms with Gasteiger partial charge >= 0.3 is 0 Å². The number of anilines is 1. The van der Waals surface area contributed by atoms with Crippen LogP contribution in [0.3, 0.4) is 0 Å². The SMILES string of the molecule is CC[C@@H](CN(C)Cc1ccccc1)NC(=O)c1ccc2c(c1)NC(=O)/C(=C\c1cccc(Cl)c1)O2. The van der Waals surface area contributed by atoms with Crippen LogP contribution in [0.1, 0.15) is 34.8 Å². The van der Waals surface area contributed by atoms with Gasteiger partial charge in [0.05, 0.1) is 5.69 Å². The Bertz CT molecular complexity index is 1240. The molecule has 0 aromatic heterocycles. The Morgan fingerprint density at radius 1 is 1.11 bits per heavy atom. The van der Waals surface area contributed by atoms with Gasteiger partial charge in [0.15, 0.2) is 11.5 Å². The minimum absolute atomic E-state index is 0.00896. The predicted octanol–water partition coefficient (Wildman–Crippen LogP) is 5.35. The summed E-state index contributed by atoms with van der Waals surface area (Å²) in [7, 11) is 2.04. The summed E-state index contributed by atoms with van der Waals surface area (Å²) in [6.07, 6.45) is 2.43. The Labute approximate surface area is 210 Å². The fraction of sp³-hybridized carbons (Fsp3) is 0.214. The summed E-state index contributed by atoms with van der Waals surface area (Å²) < 4.78 is 5.80. The van der Waals surface area contributed by atoms with Crippen molar-refractivity contribution in [1.29, 1.82) is 0 Å². The topological polar surface area (TPSA) is 70.7 Å². The summed E-state index contributed by atoms with van der Waals surface area (Å²) >= 11 is 6.03. The van der Waals surface area contributed by atoms with Crippen molar-refractivity contribution in [3.05, 3.63) is 100 Å². The summed E-state index contributed by atoms with van der Waals surface area (Å²) in [5, 5.41) is 6.49. The van der Waals surface area contributed by atoms with Gasteiger partial charge in [-0.25, -0.2) is 0 Å². The van der Waals surface area contributed by atoms with E-state index in [1.54, 1.807) is 42.5 Å². The number of likely N-dealkylation sites (N-methyl/N-ethyl adjacent to an activating group) is 1. The molecule has 4 rings (SSSR count). The first kappa shape index (κ1) is 24.5. The number of amides is 2. The van der Waals surface area contributed by atoms with E-state index in [2.05, 4.69) is 34.6 Å². The van der Waals surface area contributed by atoms with Crippen molar-refractivity contribution in [1.82, 2.24) is 10.2 Å². The van der Waals surface area contributed by atoms with E-state index in [9.17, 15) is 9.59 Å². The van der Waals surface area contributed by atoms with Crippen molar-refractivity contribution in [2.75, 3.05) is 18.9 Å². The number of hydrogen-bond donors (Lipinski definition) is 2. The molecule has 1 atom stereocenters. The molecule has 3 aromatic carbocycles. The molecule has 0 saturated carbocycles. The number of fused-ring (bicyclic) bond motifs is 1. The number of carbonyl (C=O) groups is 2. The van der Waals surface area contributed by atoms with Crippen LogP contribution in [-0.4, -0.2) is 36.3 Å². The summed E-state index contributed by atoms with van der Waals surface area (Å²) in [6, 6.07) is 22.4. The van der Waals surface area contributed by atoms with Crippen LogP contribution in [0.25, 0.3) is 6.08 Å². The molecule has 2 N–H and O–H groups in total. The third-order valence-electron chi connectivity index (χ3n) is 5.74. The van der Waals surface area contributed by atoms with Crippen LogP contribution >= 0.6 is 11.6 Å². The number of benzene rings is 3. The van der Waals surface area contributed by atoms with E-state index in [1.165, 1.54) is 5.56 Å². The number of ether oxygens (including phenoxy) is 1. The summed E-state index contributed by atoms with van der Waals surface area (Å²) in [6.45, 7) is 3.58. The fourth-order valence-corrected chi connectivity index (χ4v) is 4.13. The molecule has 6 nitrogen and oxygen atoms in total. The first-order chi connectivity index (χ1) is 16.9. The minimum Gasteiger partial charge on any atom is -0.449 e. The Morgan fingerprint density at radius 3 is 2.66 bits per heavy atom. The van der Waals surface area contributed by atoms with Gasteiger partial charge in [0.25, 0.3) is 11.8 Å². The molecule has 0 unspecified atom stereocenters. The van der Waals surface area contributed by atoms with Crippen LogP contribution in [0, 0.1) is 0 Å². The van der Waals surface area contributed by atoms with Gasteiger partial charge in [-0.1, -0.05) is 61.0 Å². The molecule has 3 aromatic rings. The van der Waals surface area contributed by atoms with Gasteiger partial charge in [0.2, 0.25) is 0 Å². The maximum atomic E-state index is 13.0. The molecule has 0 fully saturated rings. The van der Waals surface area contributed by atoms with E-state index in [-0.39, 0.29) is 23.6 Å². The lowest BCUT2D eigenvalue weighted by Crippen LogP contribution is -2.42. The zero-order valence-corrected chi connectivity index (χ0v) is 20.5. The highest BCUT2D eigenvalue weighted by Crippen LogP contribution is 2.32. The number of nitrogens with one attached hydrogen (secondary N) is 2. The number of hydrogen-bond acceptors (Lipinski definition) is 4. The maximum Gasteiger partial charge on any atom is 0.291 e. The second-order valence-corrected chi connectivity index (χ2v) is 9.03. The highest BCUT2D eigenvalue weighted by molar-refractivity contribution is 6.30. The van der Waals surface area contributed by atoms with Crippen molar-refractivity contribution in [3.63, 3.8) is 0 Å². The lowest BCUT2D eigenvalue weighted by atomic mass is 10.1. The van der Waals surface area contributed by atoms with Crippen molar-refractivity contribution >= 4 is 35.2 Å². The lowest BCUT2D eigenvalue weighted by Gasteiger charge is -2.25. The number of halogens is 1. The molecule has 1 aliphatic heterocycles. The molecule has 180 valence electrons. The molecular weight excluding hydrogens is 462 g/mol. The molecular formula is C28H28ClN3O3. The largest absolute Gasteiger partial charge is 0.449 e. The molecule has 2 amide bonds. The zero-order valence-electron chi connectivity index (χ0n) is 19.8. The number of rotatable bonds is 8. The average molecular weight is 490 g/mol. The fourth-order valence-electron chi connectivity index (χ4n) is 3.93. The molecule has 0 bridgehead atoms. The van der Waals surface area contributed by atoms with Gasteiger partial charge in [-0.3, -0.25) is 9.59 Å². The van der Waals surface area contributed by atoms with Crippen molar-refractivity contribution in [2.45, 2.75) is 25.9 Å². The van der Waals surface area contributed by atoms with E-state index < -0.39 is 0 Å². The van der Waals surface area contributed by atoms with Crippen molar-refractivity contribution in [3.8, 4) is 5.75 Å². The zero-order chi connectivity index (χ0) is 24.8. The Kier molecular flexibility index (Phi) is 7.85. The quantitative estimate of drug-likeness (QED) is 0.418. The van der Waals surface area contributed by atoms with Crippen LogP contribution in [0.2, 0.25) is 5.02 Å². The van der Waals surface area contributed by atoms with Crippen molar-refractivity contribution < 1.29 is 14.3 Å². The summed E-state index contributed by atoms with van der Waals surface area (Å²) in [4.78, 5) is 27.7. The first-order valence-corrected chi connectivity index (χ1v) is 11.9. The second kappa shape index (κ2) is 11.2. The Morgan fingerprint density at radius 2 is 1.91 bits per heavy atom. The summed E-state index contributed by atoms with van der Waals surface area (Å²) in [5.74, 6) is 0.0554. The molecule has 7 heteroatoms. The van der Waals surface area contributed by atoms with E-state index in [4.69, 9.17) is 16.3 Å². The standard InChI is InChI=1S/C28H28ClN3O3/c1-3-23(18-32(2)17-19-8-5-4-6-9-19)30-27(33)21-12-13-25-24(16-21)31-28(34)26(35-25)15-20-10-7-11-22(29)14-20/h4-16,23H,3,17-18H2,1-2H3,(H,30,33)(H,31,34)/b26-15+/t23-/m0/s1. The van der Waals surface area contributed by atoms with Gasteiger partial charge in [0, 0.05) is 29.7 Å². The van der Waals surface area contributed by atoms with Crippen LogP contribution < -0.4 is 15.4 Å². The monoisotopic (exact) mass is 489 g/mol. The van der Waals surface area contributed by atoms with Crippen LogP contribution in [0.5, 0.6) is 5.75 Å². The first-order valence-electron chi connectivity index (χ1n) is 11.5. The summed E-state index contributed by atoms with van der Waals surface area (Å²) in [5.41, 5.74) is 2.90. The van der Waals surface area contributed by atoms with E-state index in [1.807, 2.05) is 31.3 Å². The molecule has 1 heterocycles. The van der Waals surface area contributed by atoms with Gasteiger partial charge < -0.3 is 20.3 Å². The van der Waals surface area contributed by atoms with Crippen molar-refractivity contribution in [2.24, 2.45) is 0 Å². The van der Waals surface area contributed by atoms with Gasteiger partial charge in [0.1, 0.15) is 0 Å². The number of carbonyl (C=O) groups excluding carboxylic acids is 2. The highest BCUT2D eigenvalue weighted by Gasteiger charge is 2.24. The predicted molar refractivity (Wildman–Crippen MR) is 139 cm³/mol. The van der Waals surface area contributed by atoms with Gasteiger partial charge in [-0.05, 0) is 61.0 Å². The third-order valence-corrected chi connectivity index (χ3v) is 5.97. The molecule has 35 heavy (non-hydrogen) atoms. The lowest BCUT2D eigenvalue weighted by molar-refractivity contribution is -0.115. The Balaban J connectivity index is 1.41. The second-order valence-electron chi connectivity index (χ2n) is 8.59. The van der Waals surface area contributed by atoms with E-state index in [0.717, 1.165) is 25.1 Å². The van der Waals surface area contributed by atoms with Crippen LogP contribution in [0.4, 0.5) is 5.69 Å². The molecule has 0 spiro atoms. The smallest absolute Gasteiger partial charge is 0.291 e. The highest BCUT2D eigenvalue weighted by atomic mass is 35.5. The number of nitrogens with zero attached hydrogens (tertiary/aromatic N) is 1. The molecule has 0 saturated heterocycles.